The van der Waals surface area contributed by atoms with E-state index in [0.29, 0.717) is 34.4 Å². The first kappa shape index (κ1) is 25.9. The molecule has 7 nitrogen and oxygen atoms in total. The number of amides is 2. The number of para-hydroxylation sites is 1. The van der Waals surface area contributed by atoms with Crippen LogP contribution in [-0.2, 0) is 17.8 Å². The highest BCUT2D eigenvalue weighted by Crippen LogP contribution is 2.34. The van der Waals surface area contributed by atoms with E-state index in [0.717, 1.165) is 12.0 Å². The molecule has 0 bridgehead atoms. The zero-order chi connectivity index (χ0) is 26.5. The van der Waals surface area contributed by atoms with Crippen molar-refractivity contribution in [2.45, 2.75) is 19.0 Å². The maximum atomic E-state index is 13.8. The van der Waals surface area contributed by atoms with Crippen LogP contribution in [0.5, 0.6) is 11.5 Å². The van der Waals surface area contributed by atoms with Crippen LogP contribution in [0.3, 0.4) is 0 Å². The van der Waals surface area contributed by atoms with E-state index in [2.05, 4.69) is 6.07 Å². The zero-order valence-electron chi connectivity index (χ0n) is 20.8. The topological polar surface area (TPSA) is 72.2 Å². The molecule has 0 saturated carbocycles. The van der Waals surface area contributed by atoms with Crippen molar-refractivity contribution in [1.29, 1.82) is 0 Å². The molecule has 196 valence electrons. The van der Waals surface area contributed by atoms with Gasteiger partial charge in [0.05, 0.1) is 31.5 Å². The Morgan fingerprint density at radius 3 is 2.68 bits per heavy atom. The SMILES string of the molecule is COc1ccccc1C(=O)N(CC(=O)N1CCc2sccc2[C@H]1COc1ccc(Cl)cc1)Cc1ccco1. The minimum absolute atomic E-state index is 0.117. The third-order valence-electron chi connectivity index (χ3n) is 6.51. The van der Waals surface area contributed by atoms with Gasteiger partial charge in [-0.25, -0.2) is 0 Å². The number of hydrogen-bond acceptors (Lipinski definition) is 6. The molecule has 2 amide bonds. The second kappa shape index (κ2) is 11.8. The van der Waals surface area contributed by atoms with Gasteiger partial charge in [-0.2, -0.15) is 0 Å². The molecule has 0 N–H and O–H groups in total. The Morgan fingerprint density at radius 2 is 1.92 bits per heavy atom. The number of carbonyl (C=O) groups is 2. The van der Waals surface area contributed by atoms with Crippen LogP contribution in [0, 0.1) is 0 Å². The normalized spacial score (nSPS) is 14.6. The number of hydrogen-bond donors (Lipinski definition) is 0. The largest absolute Gasteiger partial charge is 0.496 e. The fourth-order valence-corrected chi connectivity index (χ4v) is 5.67. The summed E-state index contributed by atoms with van der Waals surface area (Å²) in [6, 6.07) is 19.5. The summed E-state index contributed by atoms with van der Waals surface area (Å²) < 4.78 is 17.0. The van der Waals surface area contributed by atoms with Gasteiger partial charge in [-0.15, -0.1) is 11.3 Å². The monoisotopic (exact) mass is 550 g/mol. The molecule has 4 aromatic rings. The van der Waals surface area contributed by atoms with E-state index in [1.165, 1.54) is 16.9 Å². The lowest BCUT2D eigenvalue weighted by Gasteiger charge is -2.37. The van der Waals surface area contributed by atoms with Crippen molar-refractivity contribution in [3.63, 3.8) is 0 Å². The van der Waals surface area contributed by atoms with Crippen LogP contribution in [0.4, 0.5) is 0 Å². The van der Waals surface area contributed by atoms with Crippen molar-refractivity contribution >= 4 is 34.8 Å². The maximum absolute atomic E-state index is 13.8. The van der Waals surface area contributed by atoms with Crippen molar-refractivity contribution < 1.29 is 23.5 Å². The summed E-state index contributed by atoms with van der Waals surface area (Å²) in [4.78, 5) is 32.0. The molecule has 0 saturated heterocycles. The molecule has 1 atom stereocenters. The lowest BCUT2D eigenvalue weighted by atomic mass is 10.0. The van der Waals surface area contributed by atoms with Gasteiger partial charge in [0.1, 0.15) is 30.4 Å². The number of benzene rings is 2. The molecule has 5 rings (SSSR count). The zero-order valence-corrected chi connectivity index (χ0v) is 22.4. The molecule has 1 aliphatic heterocycles. The number of fused-ring (bicyclic) bond motifs is 1. The number of carbonyl (C=O) groups excluding carboxylic acids is 2. The van der Waals surface area contributed by atoms with Gasteiger partial charge in [-0.3, -0.25) is 9.59 Å². The van der Waals surface area contributed by atoms with E-state index in [-0.39, 0.29) is 37.6 Å². The first-order chi connectivity index (χ1) is 18.5. The predicted octanol–water partition coefficient (Wildman–Crippen LogP) is 5.85. The van der Waals surface area contributed by atoms with Gasteiger partial charge in [0.25, 0.3) is 5.91 Å². The molecular weight excluding hydrogens is 524 g/mol. The Bertz CT molecular complexity index is 1390. The van der Waals surface area contributed by atoms with Crippen molar-refractivity contribution in [3.05, 3.63) is 105 Å². The number of halogens is 1. The standard InChI is InChI=1S/C29H27ClN2O5S/c1-35-26-7-3-2-6-24(26)29(34)31(17-22-5-4-15-36-22)18-28(33)32-14-12-27-23(13-16-38-27)25(32)19-37-21-10-8-20(30)9-11-21/h2-11,13,15-16,25H,12,14,17-19H2,1H3/t25-/m1/s1. The van der Waals surface area contributed by atoms with Crippen LogP contribution in [0.25, 0.3) is 0 Å². The molecular formula is C29H27ClN2O5S. The summed E-state index contributed by atoms with van der Waals surface area (Å²) in [6.45, 7) is 0.863. The molecule has 1 aliphatic rings. The molecule has 2 aromatic heterocycles. The van der Waals surface area contributed by atoms with Crippen LogP contribution in [-0.4, -0.2) is 48.4 Å². The van der Waals surface area contributed by atoms with Gasteiger partial charge < -0.3 is 23.7 Å². The fraction of sp³-hybridized carbons (Fsp3) is 0.241. The average Bonchev–Trinajstić information content (AvgIpc) is 3.64. The van der Waals surface area contributed by atoms with Crippen molar-refractivity contribution in [1.82, 2.24) is 9.80 Å². The number of thiophene rings is 1. The van der Waals surface area contributed by atoms with Crippen LogP contribution in [0.15, 0.2) is 82.8 Å². The van der Waals surface area contributed by atoms with Crippen LogP contribution >= 0.6 is 22.9 Å². The molecule has 38 heavy (non-hydrogen) atoms. The number of nitrogens with zero attached hydrogens (tertiary/aromatic N) is 2. The third kappa shape index (κ3) is 5.71. The summed E-state index contributed by atoms with van der Waals surface area (Å²) in [5.74, 6) is 1.23. The second-order valence-electron chi connectivity index (χ2n) is 8.86. The van der Waals surface area contributed by atoms with Crippen molar-refractivity contribution in [2.24, 2.45) is 0 Å². The Hall–Kier alpha value is -3.75. The van der Waals surface area contributed by atoms with Crippen LogP contribution in [0.1, 0.15) is 32.6 Å². The average molecular weight is 551 g/mol. The maximum Gasteiger partial charge on any atom is 0.258 e. The molecule has 0 spiro atoms. The molecule has 9 heteroatoms. The first-order valence-electron chi connectivity index (χ1n) is 12.2. The lowest BCUT2D eigenvalue weighted by molar-refractivity contribution is -0.135. The molecule has 0 aliphatic carbocycles. The summed E-state index contributed by atoms with van der Waals surface area (Å²) in [5, 5.41) is 2.67. The predicted molar refractivity (Wildman–Crippen MR) is 146 cm³/mol. The minimum atomic E-state index is -0.311. The minimum Gasteiger partial charge on any atom is -0.496 e. The van der Waals surface area contributed by atoms with Gasteiger partial charge in [0.15, 0.2) is 0 Å². The fourth-order valence-electron chi connectivity index (χ4n) is 4.62. The van der Waals surface area contributed by atoms with E-state index in [9.17, 15) is 9.59 Å². The van der Waals surface area contributed by atoms with Gasteiger partial charge in [0.2, 0.25) is 5.91 Å². The van der Waals surface area contributed by atoms with Crippen molar-refractivity contribution in [3.8, 4) is 11.5 Å². The van der Waals surface area contributed by atoms with E-state index in [4.69, 9.17) is 25.5 Å². The van der Waals surface area contributed by atoms with E-state index < -0.39 is 0 Å². The Balaban J connectivity index is 1.38. The summed E-state index contributed by atoms with van der Waals surface area (Å²) >= 11 is 7.70. The van der Waals surface area contributed by atoms with Crippen LogP contribution < -0.4 is 9.47 Å². The number of methoxy groups -OCH3 is 1. The summed E-state index contributed by atoms with van der Waals surface area (Å²) in [5.41, 5.74) is 1.47. The molecule has 3 heterocycles. The Morgan fingerprint density at radius 1 is 1.11 bits per heavy atom. The van der Waals surface area contributed by atoms with E-state index in [1.807, 2.05) is 22.4 Å². The van der Waals surface area contributed by atoms with Gasteiger partial charge in [0, 0.05) is 16.4 Å². The summed E-state index contributed by atoms with van der Waals surface area (Å²) in [6.07, 6.45) is 2.31. The highest BCUT2D eigenvalue weighted by molar-refractivity contribution is 7.10. The highest BCUT2D eigenvalue weighted by Gasteiger charge is 2.34. The van der Waals surface area contributed by atoms with Gasteiger partial charge >= 0.3 is 0 Å². The second-order valence-corrected chi connectivity index (χ2v) is 10.3. The Labute approximate surface area is 230 Å². The molecule has 2 aromatic carbocycles. The quantitative estimate of drug-likeness (QED) is 0.261. The molecule has 0 unspecified atom stereocenters. The highest BCUT2D eigenvalue weighted by atomic mass is 35.5. The molecule has 0 fully saturated rings. The Kier molecular flexibility index (Phi) is 8.00. The van der Waals surface area contributed by atoms with E-state index >= 15 is 0 Å². The first-order valence-corrected chi connectivity index (χ1v) is 13.5. The van der Waals surface area contributed by atoms with Crippen molar-refractivity contribution in [2.75, 3.05) is 26.8 Å². The lowest BCUT2D eigenvalue weighted by Crippen LogP contribution is -2.47. The van der Waals surface area contributed by atoms with Crippen LogP contribution in [0.2, 0.25) is 5.02 Å². The smallest absolute Gasteiger partial charge is 0.258 e. The number of rotatable bonds is 9. The third-order valence-corrected chi connectivity index (χ3v) is 7.76. The van der Waals surface area contributed by atoms with Gasteiger partial charge in [-0.05, 0) is 72.0 Å². The number of ether oxygens (including phenoxy) is 2. The van der Waals surface area contributed by atoms with Gasteiger partial charge in [-0.1, -0.05) is 23.7 Å². The number of furan rings is 1. The molecule has 0 radical (unpaired) electrons. The van der Waals surface area contributed by atoms with E-state index in [1.54, 1.807) is 66.1 Å². The summed E-state index contributed by atoms with van der Waals surface area (Å²) in [7, 11) is 1.52.